The third-order valence-corrected chi connectivity index (χ3v) is 7.43. The summed E-state index contributed by atoms with van der Waals surface area (Å²) in [7, 11) is 2.01. The minimum atomic E-state index is -4.47. The number of hydrogen-bond donors (Lipinski definition) is 3. The zero-order chi connectivity index (χ0) is 31.1. The van der Waals surface area contributed by atoms with Crippen molar-refractivity contribution in [1.29, 1.82) is 0 Å². The Kier molecular flexibility index (Phi) is 10.3. The molecule has 0 saturated carbocycles. The summed E-state index contributed by atoms with van der Waals surface area (Å²) in [6, 6.07) is 18.2. The first-order chi connectivity index (χ1) is 20.4. The summed E-state index contributed by atoms with van der Waals surface area (Å²) in [4.78, 5) is 29.9. The van der Waals surface area contributed by atoms with Gasteiger partial charge in [-0.1, -0.05) is 37.3 Å². The number of hydrogen-bond acceptors (Lipinski definition) is 5. The number of alkyl halides is 3. The molecule has 0 saturated heterocycles. The van der Waals surface area contributed by atoms with E-state index in [-0.39, 0.29) is 36.6 Å². The second-order valence-electron chi connectivity index (χ2n) is 11.0. The molecule has 0 fully saturated rings. The quantitative estimate of drug-likeness (QED) is 0.313. The second-order valence-corrected chi connectivity index (χ2v) is 11.0. The predicted molar refractivity (Wildman–Crippen MR) is 159 cm³/mol. The van der Waals surface area contributed by atoms with E-state index < -0.39 is 23.8 Å². The summed E-state index contributed by atoms with van der Waals surface area (Å²) in [5.41, 5.74) is 1.49. The Bertz CT molecular complexity index is 1390. The van der Waals surface area contributed by atoms with Gasteiger partial charge in [-0.15, -0.1) is 0 Å². The van der Waals surface area contributed by atoms with Crippen LogP contribution < -0.4 is 15.4 Å². The SMILES string of the molecule is C[C@@H]1CN([C@H](C)CO)C(=O)Cc2cc(NC(=O)Nc3ccc(C(F)(F)F)cc3)ccc2O[C@@H]1CN(C)Cc1ccccc1. The van der Waals surface area contributed by atoms with Gasteiger partial charge in [0.15, 0.2) is 0 Å². The summed E-state index contributed by atoms with van der Waals surface area (Å²) in [6.07, 6.45) is -4.76. The van der Waals surface area contributed by atoms with Crippen molar-refractivity contribution < 1.29 is 32.6 Å². The Hall–Kier alpha value is -4.09. The van der Waals surface area contributed by atoms with E-state index in [1.165, 1.54) is 12.1 Å². The Morgan fingerprint density at radius 2 is 1.72 bits per heavy atom. The molecule has 4 rings (SSSR count). The van der Waals surface area contributed by atoms with Crippen molar-refractivity contribution in [3.63, 3.8) is 0 Å². The molecule has 3 aromatic carbocycles. The largest absolute Gasteiger partial charge is 0.488 e. The van der Waals surface area contributed by atoms with Gasteiger partial charge in [0.1, 0.15) is 11.9 Å². The lowest BCUT2D eigenvalue weighted by atomic mass is 10.0. The molecule has 1 aliphatic rings. The number of carbonyl (C=O) groups is 2. The van der Waals surface area contributed by atoms with Gasteiger partial charge >= 0.3 is 12.2 Å². The summed E-state index contributed by atoms with van der Waals surface area (Å²) in [6.45, 7) is 5.34. The Morgan fingerprint density at radius 3 is 2.37 bits per heavy atom. The van der Waals surface area contributed by atoms with Crippen molar-refractivity contribution in [2.24, 2.45) is 5.92 Å². The van der Waals surface area contributed by atoms with Gasteiger partial charge in [0.05, 0.1) is 24.6 Å². The molecule has 0 radical (unpaired) electrons. The van der Waals surface area contributed by atoms with Gasteiger partial charge in [0.25, 0.3) is 0 Å². The van der Waals surface area contributed by atoms with E-state index in [9.17, 15) is 27.9 Å². The Morgan fingerprint density at radius 1 is 1.07 bits per heavy atom. The summed E-state index contributed by atoms with van der Waals surface area (Å²) in [5.74, 6) is 0.280. The van der Waals surface area contributed by atoms with Crippen LogP contribution in [0.25, 0.3) is 0 Å². The Labute approximate surface area is 249 Å². The molecule has 3 atom stereocenters. The molecule has 0 aliphatic carbocycles. The van der Waals surface area contributed by atoms with Gasteiger partial charge in [0, 0.05) is 42.5 Å². The van der Waals surface area contributed by atoms with Crippen molar-refractivity contribution >= 4 is 23.3 Å². The molecule has 0 bridgehead atoms. The third kappa shape index (κ3) is 8.71. The van der Waals surface area contributed by atoms with E-state index in [0.717, 1.165) is 17.7 Å². The lowest BCUT2D eigenvalue weighted by Crippen LogP contribution is -2.47. The molecular weight excluding hydrogens is 561 g/mol. The number of likely N-dealkylation sites (N-methyl/N-ethyl adjacent to an activating group) is 1. The second kappa shape index (κ2) is 13.9. The maximum absolute atomic E-state index is 13.4. The van der Waals surface area contributed by atoms with Crippen LogP contribution in [0, 0.1) is 5.92 Å². The zero-order valence-electron chi connectivity index (χ0n) is 24.4. The first-order valence-corrected chi connectivity index (χ1v) is 14.1. The number of fused-ring (bicyclic) bond motifs is 1. The number of nitrogens with zero attached hydrogens (tertiary/aromatic N) is 2. The average Bonchev–Trinajstić information content (AvgIpc) is 3.00. The molecular formula is C32H37F3N4O4. The molecule has 11 heteroatoms. The molecule has 3 aromatic rings. The van der Waals surface area contributed by atoms with Crippen LogP contribution in [0.4, 0.5) is 29.3 Å². The van der Waals surface area contributed by atoms with E-state index in [0.29, 0.717) is 36.6 Å². The number of ether oxygens (including phenoxy) is 1. The van der Waals surface area contributed by atoms with Crippen LogP contribution in [0.1, 0.15) is 30.5 Å². The van der Waals surface area contributed by atoms with E-state index >= 15 is 0 Å². The number of aliphatic hydroxyl groups is 1. The van der Waals surface area contributed by atoms with Crippen LogP contribution in [-0.4, -0.2) is 65.7 Å². The van der Waals surface area contributed by atoms with Crippen LogP contribution in [0.15, 0.2) is 72.8 Å². The molecule has 3 N–H and O–H groups in total. The number of carbonyl (C=O) groups excluding carboxylic acids is 2. The van der Waals surface area contributed by atoms with E-state index in [1.54, 1.807) is 30.0 Å². The number of aliphatic hydroxyl groups excluding tert-OH is 1. The number of nitrogens with one attached hydrogen (secondary N) is 2. The fourth-order valence-corrected chi connectivity index (χ4v) is 5.03. The highest BCUT2D eigenvalue weighted by Gasteiger charge is 2.32. The molecule has 0 unspecified atom stereocenters. The molecule has 43 heavy (non-hydrogen) atoms. The molecule has 1 heterocycles. The number of amides is 3. The fraction of sp³-hybridized carbons (Fsp3) is 0.375. The van der Waals surface area contributed by atoms with Gasteiger partial charge < -0.3 is 25.4 Å². The zero-order valence-corrected chi connectivity index (χ0v) is 24.4. The Balaban J connectivity index is 1.53. The van der Waals surface area contributed by atoms with Crippen molar-refractivity contribution in [2.75, 3.05) is 37.4 Å². The van der Waals surface area contributed by atoms with Crippen LogP contribution in [0.2, 0.25) is 0 Å². The summed E-state index contributed by atoms with van der Waals surface area (Å²) in [5, 5.41) is 15.1. The molecule has 0 aromatic heterocycles. The van der Waals surface area contributed by atoms with Crippen LogP contribution >= 0.6 is 0 Å². The monoisotopic (exact) mass is 598 g/mol. The van der Waals surface area contributed by atoms with E-state index in [2.05, 4.69) is 27.7 Å². The van der Waals surface area contributed by atoms with Gasteiger partial charge in [-0.3, -0.25) is 9.69 Å². The van der Waals surface area contributed by atoms with Gasteiger partial charge in [0.2, 0.25) is 5.91 Å². The van der Waals surface area contributed by atoms with Crippen LogP contribution in [0.5, 0.6) is 5.75 Å². The number of anilines is 2. The highest BCUT2D eigenvalue weighted by atomic mass is 19.4. The van der Waals surface area contributed by atoms with E-state index in [1.807, 2.05) is 32.2 Å². The molecule has 3 amide bonds. The average molecular weight is 599 g/mol. The minimum absolute atomic E-state index is 0.00495. The third-order valence-electron chi connectivity index (χ3n) is 7.43. The molecule has 0 spiro atoms. The standard InChI is InChI=1S/C32H37F3N4O4/c1-21-17-39(22(2)20-40)30(41)16-24-15-27(37-31(42)36-26-11-9-25(10-12-26)32(33,34)35)13-14-28(24)43-29(21)19-38(3)18-23-7-5-4-6-8-23/h4-15,21-22,29,40H,16-20H2,1-3H3,(H2,36,37,42)/t21-,22-,29-/m1/s1. The maximum atomic E-state index is 13.4. The topological polar surface area (TPSA) is 94.1 Å². The smallest absolute Gasteiger partial charge is 0.416 e. The highest BCUT2D eigenvalue weighted by molar-refractivity contribution is 6.00. The normalized spacial score (nSPS) is 18.1. The number of rotatable bonds is 8. The van der Waals surface area contributed by atoms with Crippen molar-refractivity contribution in [3.8, 4) is 5.75 Å². The fourth-order valence-electron chi connectivity index (χ4n) is 5.03. The lowest BCUT2D eigenvalue weighted by Gasteiger charge is -2.34. The highest BCUT2D eigenvalue weighted by Crippen LogP contribution is 2.31. The van der Waals surface area contributed by atoms with E-state index in [4.69, 9.17) is 4.74 Å². The molecule has 1 aliphatic heterocycles. The van der Waals surface area contributed by atoms with Gasteiger partial charge in [-0.25, -0.2) is 4.79 Å². The predicted octanol–water partition coefficient (Wildman–Crippen LogP) is 5.63. The lowest BCUT2D eigenvalue weighted by molar-refractivity contribution is -0.137. The first-order valence-electron chi connectivity index (χ1n) is 14.1. The van der Waals surface area contributed by atoms with Crippen molar-refractivity contribution in [3.05, 3.63) is 89.5 Å². The van der Waals surface area contributed by atoms with Crippen molar-refractivity contribution in [1.82, 2.24) is 9.80 Å². The van der Waals surface area contributed by atoms with Crippen LogP contribution in [-0.2, 0) is 23.9 Å². The van der Waals surface area contributed by atoms with Gasteiger partial charge in [-0.2, -0.15) is 13.2 Å². The minimum Gasteiger partial charge on any atom is -0.488 e. The van der Waals surface area contributed by atoms with Crippen LogP contribution in [0.3, 0.4) is 0 Å². The number of halogens is 3. The molecule has 8 nitrogen and oxygen atoms in total. The maximum Gasteiger partial charge on any atom is 0.416 e. The van der Waals surface area contributed by atoms with Gasteiger partial charge in [-0.05, 0) is 62.0 Å². The number of urea groups is 1. The molecule has 230 valence electrons. The first kappa shape index (κ1) is 31.8. The summed E-state index contributed by atoms with van der Waals surface area (Å²) >= 11 is 0. The van der Waals surface area contributed by atoms with Crippen molar-refractivity contribution in [2.45, 2.75) is 45.1 Å². The summed E-state index contributed by atoms with van der Waals surface area (Å²) < 4.78 is 45.1. The number of benzene rings is 3.